The second kappa shape index (κ2) is 8.74. The van der Waals surface area contributed by atoms with Crippen LogP contribution in [0.4, 0.5) is 5.69 Å². The van der Waals surface area contributed by atoms with Crippen LogP contribution in [0.2, 0.25) is 0 Å². The number of nitrogens with zero attached hydrogens (tertiary/aromatic N) is 2. The van der Waals surface area contributed by atoms with Crippen LogP contribution >= 0.6 is 0 Å². The summed E-state index contributed by atoms with van der Waals surface area (Å²) in [6.07, 6.45) is 1.93. The van der Waals surface area contributed by atoms with Gasteiger partial charge in [0, 0.05) is 24.7 Å². The van der Waals surface area contributed by atoms with E-state index in [9.17, 15) is 10.1 Å². The zero-order valence-electron chi connectivity index (χ0n) is 15.2. The van der Waals surface area contributed by atoms with Gasteiger partial charge in [0.15, 0.2) is 0 Å². The number of nitrogens with two attached hydrogens (primary N) is 1. The summed E-state index contributed by atoms with van der Waals surface area (Å²) in [4.78, 5) is 10.4. The first-order valence-corrected chi connectivity index (χ1v) is 8.66. The highest BCUT2D eigenvalue weighted by Crippen LogP contribution is 2.27. The first-order chi connectivity index (χ1) is 11.9. The number of hydrogen-bond acceptors (Lipinski definition) is 4. The molecule has 0 bridgehead atoms. The number of hydrogen-bond donors (Lipinski definition) is 1. The molecular formula is C20H27N3O2. The van der Waals surface area contributed by atoms with Gasteiger partial charge in [0.05, 0.1) is 4.92 Å². The summed E-state index contributed by atoms with van der Waals surface area (Å²) >= 11 is 0. The summed E-state index contributed by atoms with van der Waals surface area (Å²) in [5.74, 6) is 6.63. The Morgan fingerprint density at radius 3 is 2.40 bits per heavy atom. The first kappa shape index (κ1) is 19.1. The molecule has 1 heterocycles. The van der Waals surface area contributed by atoms with E-state index in [4.69, 9.17) is 5.84 Å². The lowest BCUT2D eigenvalue weighted by Crippen LogP contribution is -2.45. The Kier molecular flexibility index (Phi) is 6.67. The molecule has 0 spiro atoms. The Hall–Kier alpha value is -2.24. The maximum atomic E-state index is 10.7. The van der Waals surface area contributed by atoms with Crippen molar-refractivity contribution in [1.82, 2.24) is 5.01 Å². The van der Waals surface area contributed by atoms with E-state index in [2.05, 4.69) is 32.9 Å². The van der Waals surface area contributed by atoms with Gasteiger partial charge in [-0.05, 0) is 36.8 Å². The molecule has 5 heteroatoms. The maximum absolute atomic E-state index is 10.7. The minimum atomic E-state index is -0.360. The van der Waals surface area contributed by atoms with Gasteiger partial charge in [-0.15, -0.1) is 0 Å². The van der Waals surface area contributed by atoms with Crippen LogP contribution in [0.25, 0.3) is 0 Å². The van der Waals surface area contributed by atoms with Crippen LogP contribution in [-0.4, -0.2) is 16.0 Å². The largest absolute Gasteiger partial charge is 0.269 e. The molecule has 0 aromatic heterocycles. The van der Waals surface area contributed by atoms with Crippen molar-refractivity contribution >= 4 is 5.69 Å². The molecule has 0 fully saturated rings. The lowest BCUT2D eigenvalue weighted by atomic mass is 9.90. The van der Waals surface area contributed by atoms with Crippen molar-refractivity contribution < 1.29 is 4.92 Å². The summed E-state index contributed by atoms with van der Waals surface area (Å²) in [7, 11) is 0. The van der Waals surface area contributed by atoms with E-state index in [1.165, 1.54) is 11.1 Å². The summed E-state index contributed by atoms with van der Waals surface area (Å²) in [6, 6.07) is 15.7. The van der Waals surface area contributed by atoms with Gasteiger partial charge in [-0.25, -0.2) is 5.01 Å². The molecular weight excluding hydrogens is 314 g/mol. The van der Waals surface area contributed by atoms with E-state index in [0.29, 0.717) is 18.5 Å². The van der Waals surface area contributed by atoms with Gasteiger partial charge in [-0.3, -0.25) is 16.0 Å². The van der Waals surface area contributed by atoms with Crippen molar-refractivity contribution in [3.05, 3.63) is 75.3 Å². The van der Waals surface area contributed by atoms with E-state index in [0.717, 1.165) is 18.4 Å². The van der Waals surface area contributed by atoms with E-state index >= 15 is 0 Å². The van der Waals surface area contributed by atoms with Crippen molar-refractivity contribution in [3.63, 3.8) is 0 Å². The van der Waals surface area contributed by atoms with Gasteiger partial charge in [0.25, 0.3) is 5.69 Å². The Morgan fingerprint density at radius 2 is 1.88 bits per heavy atom. The van der Waals surface area contributed by atoms with Crippen LogP contribution < -0.4 is 5.84 Å². The summed E-state index contributed by atoms with van der Waals surface area (Å²) in [5, 5.41) is 12.6. The molecule has 0 saturated heterocycles. The van der Waals surface area contributed by atoms with Gasteiger partial charge in [0.1, 0.15) is 0 Å². The molecule has 2 N–H and O–H groups in total. The zero-order chi connectivity index (χ0) is 18.4. The topological polar surface area (TPSA) is 72.4 Å². The van der Waals surface area contributed by atoms with Gasteiger partial charge in [-0.1, -0.05) is 55.8 Å². The van der Waals surface area contributed by atoms with Crippen molar-refractivity contribution in [1.29, 1.82) is 0 Å². The number of hydrazine groups is 1. The predicted octanol–water partition coefficient (Wildman–Crippen LogP) is 4.24. The predicted molar refractivity (Wildman–Crippen MR) is 101 cm³/mol. The molecule has 1 unspecified atom stereocenters. The smallest absolute Gasteiger partial charge is 0.268 e. The number of rotatable bonds is 3. The molecule has 0 amide bonds. The molecule has 0 saturated carbocycles. The molecule has 3 rings (SSSR count). The van der Waals surface area contributed by atoms with Crippen molar-refractivity contribution in [2.24, 2.45) is 11.8 Å². The Labute approximate surface area is 149 Å². The van der Waals surface area contributed by atoms with Crippen molar-refractivity contribution in [2.45, 2.75) is 46.2 Å². The van der Waals surface area contributed by atoms with Crippen molar-refractivity contribution in [2.75, 3.05) is 0 Å². The van der Waals surface area contributed by atoms with E-state index < -0.39 is 0 Å². The van der Waals surface area contributed by atoms with Crippen LogP contribution in [-0.2, 0) is 13.0 Å². The van der Waals surface area contributed by atoms with Crippen LogP contribution in [0, 0.1) is 23.0 Å². The second-order valence-corrected chi connectivity index (χ2v) is 7.02. The molecule has 5 nitrogen and oxygen atoms in total. The molecule has 1 aliphatic rings. The Morgan fingerprint density at radius 1 is 1.20 bits per heavy atom. The Balaban J connectivity index is 0.000000269. The monoisotopic (exact) mass is 341 g/mol. The van der Waals surface area contributed by atoms with E-state index in [-0.39, 0.29) is 10.6 Å². The highest BCUT2D eigenvalue weighted by atomic mass is 16.6. The average molecular weight is 341 g/mol. The molecule has 1 aliphatic heterocycles. The normalized spacial score (nSPS) is 16.8. The number of non-ortho nitro benzene ring substituents is 1. The molecule has 1 atom stereocenters. The average Bonchev–Trinajstić information content (AvgIpc) is 2.56. The number of aryl methyl sites for hydroxylation is 1. The molecule has 0 aliphatic carbocycles. The van der Waals surface area contributed by atoms with Crippen LogP contribution in [0.5, 0.6) is 0 Å². The minimum absolute atomic E-state index is 0.143. The number of fused-ring (bicyclic) bond motifs is 1. The lowest BCUT2D eigenvalue weighted by Gasteiger charge is -2.34. The van der Waals surface area contributed by atoms with Gasteiger partial charge in [0.2, 0.25) is 0 Å². The van der Waals surface area contributed by atoms with Gasteiger partial charge < -0.3 is 0 Å². The fraction of sp³-hybridized carbons (Fsp3) is 0.400. The Bertz CT molecular complexity index is 701. The fourth-order valence-corrected chi connectivity index (χ4v) is 3.07. The third-order valence-corrected chi connectivity index (χ3v) is 4.36. The standard InChI is InChI=1S/C13H19N3O2.C7H8/c1-9(2)5-13-6-10-3-4-12(16(17)18)7-11(10)8-15(13)14;1-7-5-3-2-4-6-7/h3-4,7,9,13H,5-6,8,14H2,1-2H3;2-6H,1H3. The molecule has 0 radical (unpaired) electrons. The maximum Gasteiger partial charge on any atom is 0.269 e. The number of nitro benzene ring substituents is 1. The molecule has 25 heavy (non-hydrogen) atoms. The highest BCUT2D eigenvalue weighted by molar-refractivity contribution is 5.41. The minimum Gasteiger partial charge on any atom is -0.268 e. The molecule has 134 valence electrons. The molecule has 2 aromatic carbocycles. The number of benzene rings is 2. The lowest BCUT2D eigenvalue weighted by molar-refractivity contribution is -0.385. The van der Waals surface area contributed by atoms with E-state index in [1.807, 2.05) is 29.3 Å². The second-order valence-electron chi connectivity index (χ2n) is 7.02. The summed E-state index contributed by atoms with van der Waals surface area (Å²) in [6.45, 7) is 7.03. The van der Waals surface area contributed by atoms with Gasteiger partial charge in [-0.2, -0.15) is 0 Å². The zero-order valence-corrected chi connectivity index (χ0v) is 15.2. The van der Waals surface area contributed by atoms with E-state index in [1.54, 1.807) is 12.1 Å². The fourth-order valence-electron chi connectivity index (χ4n) is 3.07. The third-order valence-electron chi connectivity index (χ3n) is 4.36. The first-order valence-electron chi connectivity index (χ1n) is 8.66. The molecule has 2 aromatic rings. The third kappa shape index (κ3) is 5.66. The SMILES string of the molecule is CC(C)CC1Cc2ccc([N+](=O)[O-])cc2CN1N.Cc1ccccc1. The quantitative estimate of drug-likeness (QED) is 0.515. The van der Waals surface area contributed by atoms with Crippen LogP contribution in [0.15, 0.2) is 48.5 Å². The summed E-state index contributed by atoms with van der Waals surface area (Å²) < 4.78 is 0. The van der Waals surface area contributed by atoms with Crippen molar-refractivity contribution in [3.8, 4) is 0 Å². The van der Waals surface area contributed by atoms with Crippen LogP contribution in [0.3, 0.4) is 0 Å². The van der Waals surface area contributed by atoms with Crippen LogP contribution in [0.1, 0.15) is 37.0 Å². The van der Waals surface area contributed by atoms with Gasteiger partial charge >= 0.3 is 0 Å². The number of nitro groups is 1. The highest BCUT2D eigenvalue weighted by Gasteiger charge is 2.25. The summed E-state index contributed by atoms with van der Waals surface area (Å²) in [5.41, 5.74) is 3.63.